The molecule has 0 atom stereocenters. The van der Waals surface area contributed by atoms with Gasteiger partial charge in [-0.2, -0.15) is 5.10 Å². The molecule has 2 amide bonds. The van der Waals surface area contributed by atoms with Crippen molar-refractivity contribution in [2.75, 3.05) is 26.1 Å². The van der Waals surface area contributed by atoms with Crippen molar-refractivity contribution >= 4 is 35.3 Å². The van der Waals surface area contributed by atoms with Gasteiger partial charge in [-0.1, -0.05) is 29.3 Å². The first-order valence-electron chi connectivity index (χ1n) is 10.2. The van der Waals surface area contributed by atoms with E-state index in [0.29, 0.717) is 28.3 Å². The molecule has 0 saturated carbocycles. The van der Waals surface area contributed by atoms with Gasteiger partial charge in [-0.3, -0.25) is 9.59 Å². The molecule has 0 saturated heterocycles. The second kappa shape index (κ2) is 11.7. The fraction of sp³-hybridized carbons (Fsp3) is 0.160. The quantitative estimate of drug-likeness (QED) is 0.347. The molecule has 0 aliphatic rings. The maximum atomic E-state index is 12.2. The van der Waals surface area contributed by atoms with Crippen molar-refractivity contribution in [2.24, 2.45) is 5.10 Å². The van der Waals surface area contributed by atoms with Gasteiger partial charge >= 0.3 is 0 Å². The predicted molar refractivity (Wildman–Crippen MR) is 131 cm³/mol. The number of hydrogen-bond acceptors (Lipinski definition) is 6. The van der Waals surface area contributed by atoms with Gasteiger partial charge in [0.2, 0.25) is 0 Å². The largest absolute Gasteiger partial charge is 0.497 e. The van der Waals surface area contributed by atoms with E-state index in [9.17, 15) is 9.59 Å². The maximum absolute atomic E-state index is 12.2. The van der Waals surface area contributed by atoms with Gasteiger partial charge in [0.15, 0.2) is 18.1 Å². The third-order valence-corrected chi connectivity index (χ3v) is 4.95. The van der Waals surface area contributed by atoms with Gasteiger partial charge in [-0.05, 0) is 61.0 Å². The van der Waals surface area contributed by atoms with Crippen LogP contribution in [0.2, 0.25) is 5.02 Å². The van der Waals surface area contributed by atoms with E-state index in [2.05, 4.69) is 15.8 Å². The lowest BCUT2D eigenvalue weighted by atomic mass is 10.1. The molecule has 0 spiro atoms. The van der Waals surface area contributed by atoms with E-state index in [0.717, 1.165) is 5.56 Å². The number of hydrazone groups is 1. The molecule has 3 rings (SSSR count). The number of anilines is 1. The molecular formula is C25H24ClN3O5. The summed E-state index contributed by atoms with van der Waals surface area (Å²) in [5, 5.41) is 6.91. The normalized spacial score (nSPS) is 10.6. The summed E-state index contributed by atoms with van der Waals surface area (Å²) in [6.07, 6.45) is 1.43. The Morgan fingerprint density at radius 2 is 1.71 bits per heavy atom. The number of nitrogens with zero attached hydrogens (tertiary/aromatic N) is 1. The Balaban J connectivity index is 1.60. The van der Waals surface area contributed by atoms with E-state index < -0.39 is 0 Å². The van der Waals surface area contributed by atoms with Crippen LogP contribution in [-0.2, 0) is 4.79 Å². The Kier molecular flexibility index (Phi) is 8.48. The van der Waals surface area contributed by atoms with E-state index in [1.54, 1.807) is 55.6 Å². The fourth-order valence-electron chi connectivity index (χ4n) is 2.90. The summed E-state index contributed by atoms with van der Waals surface area (Å²) in [4.78, 5) is 24.4. The minimum absolute atomic E-state index is 0.217. The molecule has 0 heterocycles. The highest BCUT2D eigenvalue weighted by atomic mass is 35.5. The Labute approximate surface area is 202 Å². The van der Waals surface area contributed by atoms with Crippen LogP contribution >= 0.6 is 11.6 Å². The number of halogens is 1. The van der Waals surface area contributed by atoms with Crippen LogP contribution in [0.5, 0.6) is 17.2 Å². The lowest BCUT2D eigenvalue weighted by molar-refractivity contribution is -0.118. The molecule has 0 unspecified atom stereocenters. The highest BCUT2D eigenvalue weighted by molar-refractivity contribution is 6.32. The topological polar surface area (TPSA) is 98.3 Å². The van der Waals surface area contributed by atoms with Crippen LogP contribution in [-0.4, -0.2) is 38.9 Å². The maximum Gasteiger partial charge on any atom is 0.271 e. The summed E-state index contributed by atoms with van der Waals surface area (Å²) in [6.45, 7) is 1.67. The van der Waals surface area contributed by atoms with Gasteiger partial charge in [0.05, 0.1) is 25.5 Å². The van der Waals surface area contributed by atoms with Gasteiger partial charge in [-0.25, -0.2) is 5.43 Å². The number of benzene rings is 3. The van der Waals surface area contributed by atoms with Crippen LogP contribution in [0.1, 0.15) is 21.5 Å². The van der Waals surface area contributed by atoms with E-state index in [-0.39, 0.29) is 29.2 Å². The molecule has 0 aliphatic carbocycles. The predicted octanol–water partition coefficient (Wildman–Crippen LogP) is 4.45. The number of ether oxygens (including phenoxy) is 3. The summed E-state index contributed by atoms with van der Waals surface area (Å²) in [6, 6.07) is 17.3. The summed E-state index contributed by atoms with van der Waals surface area (Å²) < 4.78 is 16.0. The van der Waals surface area contributed by atoms with Crippen molar-refractivity contribution in [1.82, 2.24) is 5.43 Å². The summed E-state index contributed by atoms with van der Waals surface area (Å²) in [5.74, 6) is 0.514. The average molecular weight is 482 g/mol. The monoisotopic (exact) mass is 481 g/mol. The molecule has 9 heteroatoms. The van der Waals surface area contributed by atoms with Crippen LogP contribution in [0.25, 0.3) is 0 Å². The lowest BCUT2D eigenvalue weighted by Gasteiger charge is -2.13. The molecule has 3 aromatic rings. The van der Waals surface area contributed by atoms with E-state index in [1.165, 1.54) is 13.3 Å². The molecule has 34 heavy (non-hydrogen) atoms. The number of carbonyl (C=O) groups excluding carboxylic acids is 2. The van der Waals surface area contributed by atoms with Crippen LogP contribution < -0.4 is 25.0 Å². The zero-order chi connectivity index (χ0) is 24.5. The van der Waals surface area contributed by atoms with Gasteiger partial charge in [0.1, 0.15) is 5.75 Å². The summed E-state index contributed by atoms with van der Waals surface area (Å²) >= 11 is 6.34. The minimum Gasteiger partial charge on any atom is -0.497 e. The van der Waals surface area contributed by atoms with Crippen molar-refractivity contribution in [3.8, 4) is 17.2 Å². The molecule has 2 N–H and O–H groups in total. The number of aryl methyl sites for hydroxylation is 1. The molecule has 0 aromatic heterocycles. The standard InChI is InChI=1S/C25H24ClN3O5/c1-16-4-6-18(7-5-16)25(31)29-27-14-17-12-21(26)24(22(13-17)33-3)34-15-23(30)28-19-8-10-20(32-2)11-9-19/h4-14H,15H2,1-3H3,(H,28,30)(H,29,31). The van der Waals surface area contributed by atoms with Crippen molar-refractivity contribution in [3.63, 3.8) is 0 Å². The Morgan fingerprint density at radius 3 is 2.35 bits per heavy atom. The van der Waals surface area contributed by atoms with Gasteiger partial charge in [0, 0.05) is 11.3 Å². The van der Waals surface area contributed by atoms with Crippen molar-refractivity contribution < 1.29 is 23.8 Å². The van der Waals surface area contributed by atoms with Crippen LogP contribution in [0.3, 0.4) is 0 Å². The second-order valence-electron chi connectivity index (χ2n) is 7.16. The zero-order valence-electron chi connectivity index (χ0n) is 18.9. The highest BCUT2D eigenvalue weighted by Gasteiger charge is 2.14. The molecule has 8 nitrogen and oxygen atoms in total. The van der Waals surface area contributed by atoms with Crippen LogP contribution in [0.15, 0.2) is 65.8 Å². The number of hydrogen-bond donors (Lipinski definition) is 2. The molecular weight excluding hydrogens is 458 g/mol. The minimum atomic E-state index is -0.368. The number of methoxy groups -OCH3 is 2. The molecule has 0 aliphatic heterocycles. The molecule has 0 fully saturated rings. The first kappa shape index (κ1) is 24.6. The van der Waals surface area contributed by atoms with Crippen LogP contribution in [0, 0.1) is 6.92 Å². The molecule has 0 radical (unpaired) electrons. The smallest absolute Gasteiger partial charge is 0.271 e. The lowest BCUT2D eigenvalue weighted by Crippen LogP contribution is -2.20. The first-order chi connectivity index (χ1) is 16.4. The first-order valence-corrected chi connectivity index (χ1v) is 10.6. The molecule has 3 aromatic carbocycles. The average Bonchev–Trinajstić information content (AvgIpc) is 2.84. The van der Waals surface area contributed by atoms with Crippen LogP contribution in [0.4, 0.5) is 5.69 Å². The molecule has 176 valence electrons. The van der Waals surface area contributed by atoms with E-state index in [1.807, 2.05) is 19.1 Å². The Bertz CT molecular complexity index is 1180. The number of amides is 2. The summed E-state index contributed by atoms with van der Waals surface area (Å²) in [5.41, 5.74) is 5.19. The third-order valence-electron chi connectivity index (χ3n) is 4.67. The SMILES string of the molecule is COc1ccc(NC(=O)COc2c(Cl)cc(C=NNC(=O)c3ccc(C)cc3)cc2OC)cc1. The third kappa shape index (κ3) is 6.73. The van der Waals surface area contributed by atoms with Crippen molar-refractivity contribution in [3.05, 3.63) is 82.4 Å². The summed E-state index contributed by atoms with van der Waals surface area (Å²) in [7, 11) is 3.02. The number of nitrogens with one attached hydrogen (secondary N) is 2. The van der Waals surface area contributed by atoms with Crippen molar-refractivity contribution in [1.29, 1.82) is 0 Å². The second-order valence-corrected chi connectivity index (χ2v) is 7.57. The van der Waals surface area contributed by atoms with Crippen molar-refractivity contribution in [2.45, 2.75) is 6.92 Å². The van der Waals surface area contributed by atoms with E-state index >= 15 is 0 Å². The van der Waals surface area contributed by atoms with Gasteiger partial charge in [0.25, 0.3) is 11.8 Å². The van der Waals surface area contributed by atoms with Gasteiger partial charge in [-0.15, -0.1) is 0 Å². The molecule has 0 bridgehead atoms. The highest BCUT2D eigenvalue weighted by Crippen LogP contribution is 2.36. The van der Waals surface area contributed by atoms with E-state index in [4.69, 9.17) is 25.8 Å². The fourth-order valence-corrected chi connectivity index (χ4v) is 3.17. The number of rotatable bonds is 9. The van der Waals surface area contributed by atoms with Gasteiger partial charge < -0.3 is 19.5 Å². The Hall–Kier alpha value is -4.04. The zero-order valence-corrected chi connectivity index (χ0v) is 19.7. The Morgan fingerprint density at radius 1 is 1.00 bits per heavy atom. The number of carbonyl (C=O) groups is 2.